The maximum atomic E-state index is 12.7. The number of aryl methyl sites for hydroxylation is 1. The molecule has 1 aromatic rings. The SMILES string of the molecule is Cc1ccc(N2C(=O)CC(N3CCCC(C(N)=O)C3)C2=O)cc1. The quantitative estimate of drug-likeness (QED) is 0.837. The third-order valence-electron chi connectivity index (χ3n) is 4.71. The Bertz CT molecular complexity index is 641. The fourth-order valence-corrected chi connectivity index (χ4v) is 3.39. The molecule has 6 nitrogen and oxygen atoms in total. The van der Waals surface area contributed by atoms with Gasteiger partial charge in [-0.2, -0.15) is 0 Å². The molecule has 2 aliphatic heterocycles. The van der Waals surface area contributed by atoms with Crippen LogP contribution < -0.4 is 10.6 Å². The van der Waals surface area contributed by atoms with Crippen molar-refractivity contribution in [2.24, 2.45) is 11.7 Å². The van der Waals surface area contributed by atoms with Crippen LogP contribution in [0.4, 0.5) is 5.69 Å². The van der Waals surface area contributed by atoms with Gasteiger partial charge in [-0.1, -0.05) is 17.7 Å². The molecule has 2 N–H and O–H groups in total. The molecule has 2 unspecified atom stereocenters. The summed E-state index contributed by atoms with van der Waals surface area (Å²) in [6.07, 6.45) is 1.73. The Balaban J connectivity index is 1.78. The van der Waals surface area contributed by atoms with Gasteiger partial charge in [0.05, 0.1) is 24.1 Å². The van der Waals surface area contributed by atoms with E-state index < -0.39 is 6.04 Å². The molecule has 2 fully saturated rings. The van der Waals surface area contributed by atoms with Crippen molar-refractivity contribution in [1.29, 1.82) is 0 Å². The van der Waals surface area contributed by atoms with Gasteiger partial charge in [0.25, 0.3) is 5.91 Å². The molecule has 2 aliphatic rings. The van der Waals surface area contributed by atoms with Gasteiger partial charge in [-0.15, -0.1) is 0 Å². The normalized spacial score (nSPS) is 25.9. The first-order valence-corrected chi connectivity index (χ1v) is 7.94. The maximum absolute atomic E-state index is 12.7. The fourth-order valence-electron chi connectivity index (χ4n) is 3.39. The Morgan fingerprint density at radius 3 is 2.57 bits per heavy atom. The van der Waals surface area contributed by atoms with Crippen LogP contribution in [0.3, 0.4) is 0 Å². The second-order valence-electron chi connectivity index (χ2n) is 6.36. The molecule has 0 aromatic heterocycles. The molecular weight excluding hydrogens is 294 g/mol. The van der Waals surface area contributed by atoms with Gasteiger partial charge in [-0.3, -0.25) is 19.3 Å². The van der Waals surface area contributed by atoms with Crippen LogP contribution >= 0.6 is 0 Å². The molecule has 1 aromatic carbocycles. The number of hydrogen-bond donors (Lipinski definition) is 1. The van der Waals surface area contributed by atoms with E-state index >= 15 is 0 Å². The first-order chi connectivity index (χ1) is 11.0. The molecule has 3 amide bonds. The molecule has 0 bridgehead atoms. The predicted molar refractivity (Wildman–Crippen MR) is 85.6 cm³/mol. The van der Waals surface area contributed by atoms with Crippen molar-refractivity contribution in [3.05, 3.63) is 29.8 Å². The summed E-state index contributed by atoms with van der Waals surface area (Å²) in [5.41, 5.74) is 7.08. The van der Waals surface area contributed by atoms with Crippen LogP contribution in [0.15, 0.2) is 24.3 Å². The summed E-state index contributed by atoms with van der Waals surface area (Å²) in [5, 5.41) is 0. The second kappa shape index (κ2) is 6.12. The number of piperidine rings is 1. The van der Waals surface area contributed by atoms with E-state index in [0.29, 0.717) is 12.2 Å². The Labute approximate surface area is 135 Å². The number of hydrogen-bond acceptors (Lipinski definition) is 4. The number of benzene rings is 1. The van der Waals surface area contributed by atoms with Crippen molar-refractivity contribution < 1.29 is 14.4 Å². The summed E-state index contributed by atoms with van der Waals surface area (Å²) in [5.74, 6) is -0.962. The van der Waals surface area contributed by atoms with Gasteiger partial charge in [-0.25, -0.2) is 4.90 Å². The van der Waals surface area contributed by atoms with Gasteiger partial charge in [0.15, 0.2) is 0 Å². The number of anilines is 1. The molecule has 2 heterocycles. The zero-order valence-corrected chi connectivity index (χ0v) is 13.2. The van der Waals surface area contributed by atoms with E-state index in [2.05, 4.69) is 0 Å². The summed E-state index contributed by atoms with van der Waals surface area (Å²) in [4.78, 5) is 39.7. The molecule has 23 heavy (non-hydrogen) atoms. The van der Waals surface area contributed by atoms with E-state index in [4.69, 9.17) is 5.73 Å². The predicted octanol–water partition coefficient (Wildman–Crippen LogP) is 0.824. The maximum Gasteiger partial charge on any atom is 0.251 e. The number of carbonyl (C=O) groups is 3. The summed E-state index contributed by atoms with van der Waals surface area (Å²) >= 11 is 0. The van der Waals surface area contributed by atoms with Gasteiger partial charge >= 0.3 is 0 Å². The van der Waals surface area contributed by atoms with Crippen LogP contribution in [0.25, 0.3) is 0 Å². The minimum atomic E-state index is -0.481. The molecule has 2 atom stereocenters. The molecule has 0 saturated carbocycles. The van der Waals surface area contributed by atoms with E-state index in [1.54, 1.807) is 12.1 Å². The zero-order valence-electron chi connectivity index (χ0n) is 13.2. The third-order valence-corrected chi connectivity index (χ3v) is 4.71. The molecule has 3 rings (SSSR count). The Hall–Kier alpha value is -2.21. The first-order valence-electron chi connectivity index (χ1n) is 7.94. The van der Waals surface area contributed by atoms with Crippen LogP contribution in [0.5, 0.6) is 0 Å². The second-order valence-corrected chi connectivity index (χ2v) is 6.36. The standard InChI is InChI=1S/C17H21N3O3/c1-11-4-6-13(7-5-11)20-15(21)9-14(17(20)23)19-8-2-3-12(10-19)16(18)22/h4-7,12,14H,2-3,8-10H2,1H3,(H2,18,22). The van der Waals surface area contributed by atoms with Crippen molar-refractivity contribution >= 4 is 23.4 Å². The molecule has 0 spiro atoms. The number of likely N-dealkylation sites (tertiary alicyclic amines) is 1. The monoisotopic (exact) mass is 315 g/mol. The summed E-state index contributed by atoms with van der Waals surface area (Å²) < 4.78 is 0. The van der Waals surface area contributed by atoms with Crippen molar-refractivity contribution in [3.8, 4) is 0 Å². The highest BCUT2D eigenvalue weighted by molar-refractivity contribution is 6.22. The zero-order chi connectivity index (χ0) is 16.6. The summed E-state index contributed by atoms with van der Waals surface area (Å²) in [6.45, 7) is 3.13. The number of imide groups is 1. The highest BCUT2D eigenvalue weighted by atomic mass is 16.2. The average Bonchev–Trinajstić information content (AvgIpc) is 2.83. The van der Waals surface area contributed by atoms with E-state index in [9.17, 15) is 14.4 Å². The molecule has 0 radical (unpaired) electrons. The summed E-state index contributed by atoms with van der Waals surface area (Å²) in [7, 11) is 0. The largest absolute Gasteiger partial charge is 0.369 e. The van der Waals surface area contributed by atoms with Crippen LogP contribution in [-0.2, 0) is 14.4 Å². The van der Waals surface area contributed by atoms with Crippen molar-refractivity contribution in [3.63, 3.8) is 0 Å². The van der Waals surface area contributed by atoms with E-state index in [0.717, 1.165) is 24.9 Å². The number of rotatable bonds is 3. The molecular formula is C17H21N3O3. The Morgan fingerprint density at radius 1 is 1.22 bits per heavy atom. The number of nitrogens with zero attached hydrogens (tertiary/aromatic N) is 2. The molecule has 2 saturated heterocycles. The van der Waals surface area contributed by atoms with Crippen molar-refractivity contribution in [1.82, 2.24) is 4.90 Å². The lowest BCUT2D eigenvalue weighted by molar-refractivity contribution is -0.127. The van der Waals surface area contributed by atoms with E-state index in [-0.39, 0.29) is 30.1 Å². The lowest BCUT2D eigenvalue weighted by atomic mass is 9.96. The van der Waals surface area contributed by atoms with Gasteiger partial charge < -0.3 is 5.73 Å². The van der Waals surface area contributed by atoms with Gasteiger partial charge in [0.2, 0.25) is 11.8 Å². The molecule has 122 valence electrons. The van der Waals surface area contributed by atoms with Crippen LogP contribution in [-0.4, -0.2) is 41.8 Å². The van der Waals surface area contributed by atoms with Crippen LogP contribution in [0.2, 0.25) is 0 Å². The highest BCUT2D eigenvalue weighted by Crippen LogP contribution is 2.28. The summed E-state index contributed by atoms with van der Waals surface area (Å²) in [6, 6.07) is 6.86. The van der Waals surface area contributed by atoms with Gasteiger partial charge in [-0.05, 0) is 38.4 Å². The lowest BCUT2D eigenvalue weighted by Gasteiger charge is -2.34. The number of carbonyl (C=O) groups excluding carboxylic acids is 3. The number of amides is 3. The third kappa shape index (κ3) is 2.99. The minimum Gasteiger partial charge on any atom is -0.369 e. The highest BCUT2D eigenvalue weighted by Gasteiger charge is 2.44. The first kappa shape index (κ1) is 15.7. The molecule has 0 aliphatic carbocycles. The Kier molecular flexibility index (Phi) is 4.17. The van der Waals surface area contributed by atoms with E-state index in [1.165, 1.54) is 4.90 Å². The molecule has 6 heteroatoms. The van der Waals surface area contributed by atoms with Crippen LogP contribution in [0, 0.1) is 12.8 Å². The van der Waals surface area contributed by atoms with E-state index in [1.807, 2.05) is 24.0 Å². The number of nitrogens with two attached hydrogens (primary N) is 1. The van der Waals surface area contributed by atoms with Gasteiger partial charge in [0.1, 0.15) is 0 Å². The Morgan fingerprint density at radius 2 is 1.91 bits per heavy atom. The fraction of sp³-hybridized carbons (Fsp3) is 0.471. The van der Waals surface area contributed by atoms with Crippen LogP contribution in [0.1, 0.15) is 24.8 Å². The number of primary amides is 1. The lowest BCUT2D eigenvalue weighted by Crippen LogP contribution is -2.49. The van der Waals surface area contributed by atoms with Crippen molar-refractivity contribution in [2.75, 3.05) is 18.0 Å². The van der Waals surface area contributed by atoms with Gasteiger partial charge in [0, 0.05) is 6.54 Å². The van der Waals surface area contributed by atoms with Crippen molar-refractivity contribution in [2.45, 2.75) is 32.2 Å². The smallest absolute Gasteiger partial charge is 0.251 e. The average molecular weight is 315 g/mol. The minimum absolute atomic E-state index is 0.165. The topological polar surface area (TPSA) is 83.7 Å².